The third kappa shape index (κ3) is 3.98. The van der Waals surface area contributed by atoms with E-state index in [4.69, 9.17) is 12.2 Å². The third-order valence-electron chi connectivity index (χ3n) is 2.65. The van der Waals surface area contributed by atoms with Crippen LogP contribution >= 0.6 is 12.2 Å². The Morgan fingerprint density at radius 1 is 1.50 bits per heavy atom. The fraction of sp³-hybridized carbons (Fsp3) is 0.692. The molecule has 18 heavy (non-hydrogen) atoms. The molecule has 4 nitrogen and oxygen atoms in total. The maximum Gasteiger partial charge on any atom is 0.240 e. The summed E-state index contributed by atoms with van der Waals surface area (Å²) in [5.74, 6) is 0.458. The van der Waals surface area contributed by atoms with Crippen molar-refractivity contribution in [2.75, 3.05) is 6.54 Å². The zero-order valence-corrected chi connectivity index (χ0v) is 12.6. The van der Waals surface area contributed by atoms with E-state index in [1.165, 1.54) is 0 Å². The molecule has 0 saturated carbocycles. The summed E-state index contributed by atoms with van der Waals surface area (Å²) in [5.41, 5.74) is 1.01. The fourth-order valence-electron chi connectivity index (χ4n) is 1.69. The van der Waals surface area contributed by atoms with E-state index in [0.29, 0.717) is 17.2 Å². The number of carbonyl (C=O) groups excluding carboxylic acids is 1. The highest BCUT2D eigenvalue weighted by Crippen LogP contribution is 2.22. The molecule has 0 atom stereocenters. The smallest absolute Gasteiger partial charge is 0.240 e. The summed E-state index contributed by atoms with van der Waals surface area (Å²) in [6.07, 6.45) is 1.89. The molecule has 2 N–H and O–H groups in total. The van der Waals surface area contributed by atoms with Gasteiger partial charge in [0.1, 0.15) is 6.54 Å². The maximum atomic E-state index is 11.9. The molecule has 0 saturated heterocycles. The molecule has 0 spiro atoms. The largest absolute Gasteiger partial charge is 0.354 e. The maximum absolute atomic E-state index is 11.9. The molecule has 1 heterocycles. The zero-order valence-electron chi connectivity index (χ0n) is 11.8. The van der Waals surface area contributed by atoms with Crippen molar-refractivity contribution in [3.63, 3.8) is 0 Å². The van der Waals surface area contributed by atoms with Crippen LogP contribution in [-0.2, 0) is 16.8 Å². The fourth-order valence-corrected chi connectivity index (χ4v) is 1.91. The van der Waals surface area contributed by atoms with Crippen LogP contribution in [0.5, 0.6) is 0 Å². The van der Waals surface area contributed by atoms with Gasteiger partial charge in [-0.05, 0) is 18.1 Å². The first kappa shape index (κ1) is 15.0. The Balaban J connectivity index is 2.82. The van der Waals surface area contributed by atoms with Crippen molar-refractivity contribution in [2.24, 2.45) is 5.92 Å². The van der Waals surface area contributed by atoms with Crippen LogP contribution in [0.1, 0.15) is 40.3 Å². The molecule has 0 bridgehead atoms. The van der Waals surface area contributed by atoms with Crippen molar-refractivity contribution in [3.05, 3.63) is 16.7 Å². The molecule has 1 amide bonds. The summed E-state index contributed by atoms with van der Waals surface area (Å²) in [5, 5.41) is 2.91. The van der Waals surface area contributed by atoms with Crippen LogP contribution in [0.15, 0.2) is 6.20 Å². The predicted octanol–water partition coefficient (Wildman–Crippen LogP) is 2.62. The Labute approximate surface area is 114 Å². The number of hydrogen-bond donors (Lipinski definition) is 2. The number of rotatable bonds is 4. The van der Waals surface area contributed by atoms with Gasteiger partial charge < -0.3 is 14.9 Å². The minimum atomic E-state index is -0.0358. The lowest BCUT2D eigenvalue weighted by Crippen LogP contribution is -2.32. The molecule has 0 radical (unpaired) electrons. The number of hydrogen-bond acceptors (Lipinski definition) is 2. The molecule has 0 fully saturated rings. The number of H-pyrrole nitrogens is 1. The molecule has 0 aliphatic carbocycles. The molecule has 1 rings (SSSR count). The molecule has 1 aromatic rings. The summed E-state index contributed by atoms with van der Waals surface area (Å²) in [6, 6.07) is 0. The van der Waals surface area contributed by atoms with Crippen molar-refractivity contribution in [1.82, 2.24) is 14.9 Å². The van der Waals surface area contributed by atoms with Gasteiger partial charge in [0.25, 0.3) is 0 Å². The Kier molecular flexibility index (Phi) is 4.73. The van der Waals surface area contributed by atoms with E-state index >= 15 is 0 Å². The minimum Gasteiger partial charge on any atom is -0.354 e. The van der Waals surface area contributed by atoms with Crippen molar-refractivity contribution >= 4 is 18.1 Å². The molecule has 0 aliphatic rings. The van der Waals surface area contributed by atoms with Crippen LogP contribution in [-0.4, -0.2) is 22.0 Å². The average molecular weight is 269 g/mol. The first-order chi connectivity index (χ1) is 8.21. The third-order valence-corrected chi connectivity index (χ3v) is 2.98. The van der Waals surface area contributed by atoms with Gasteiger partial charge in [-0.15, -0.1) is 0 Å². The average Bonchev–Trinajstić information content (AvgIpc) is 2.57. The van der Waals surface area contributed by atoms with Gasteiger partial charge in [0.05, 0.1) is 0 Å². The first-order valence-electron chi connectivity index (χ1n) is 6.27. The van der Waals surface area contributed by atoms with Gasteiger partial charge >= 0.3 is 0 Å². The van der Waals surface area contributed by atoms with E-state index in [-0.39, 0.29) is 17.9 Å². The molecule has 5 heteroatoms. The lowest BCUT2D eigenvalue weighted by atomic mass is 9.92. The second kappa shape index (κ2) is 5.69. The van der Waals surface area contributed by atoms with E-state index in [0.717, 1.165) is 5.69 Å². The number of nitrogens with zero attached hydrogens (tertiary/aromatic N) is 1. The number of carbonyl (C=O) groups is 1. The van der Waals surface area contributed by atoms with E-state index < -0.39 is 0 Å². The van der Waals surface area contributed by atoms with Gasteiger partial charge in [-0.3, -0.25) is 4.79 Å². The van der Waals surface area contributed by atoms with E-state index in [1.807, 2.05) is 10.8 Å². The van der Waals surface area contributed by atoms with Crippen molar-refractivity contribution in [1.29, 1.82) is 0 Å². The molecular formula is C13H23N3OS. The number of amides is 1. The quantitative estimate of drug-likeness (QED) is 0.826. The monoisotopic (exact) mass is 269 g/mol. The number of aromatic amines is 1. The zero-order chi connectivity index (χ0) is 13.9. The van der Waals surface area contributed by atoms with Crippen molar-refractivity contribution in [2.45, 2.75) is 46.6 Å². The van der Waals surface area contributed by atoms with Gasteiger partial charge in [-0.2, -0.15) is 0 Å². The van der Waals surface area contributed by atoms with E-state index in [9.17, 15) is 4.79 Å². The Bertz CT molecular complexity index is 465. The van der Waals surface area contributed by atoms with Gasteiger partial charge in [0, 0.05) is 23.9 Å². The second-order valence-corrected chi connectivity index (χ2v) is 6.40. The van der Waals surface area contributed by atoms with Crippen molar-refractivity contribution < 1.29 is 4.79 Å². The summed E-state index contributed by atoms with van der Waals surface area (Å²) < 4.78 is 2.46. The SMILES string of the molecule is CC(C)CNC(=O)Cn1c(C(C)(C)C)c[nH]c1=S. The summed E-state index contributed by atoms with van der Waals surface area (Å²) in [4.78, 5) is 14.9. The predicted molar refractivity (Wildman–Crippen MR) is 76.2 cm³/mol. The van der Waals surface area contributed by atoms with E-state index in [2.05, 4.69) is 44.9 Å². The van der Waals surface area contributed by atoms with Crippen LogP contribution in [0.25, 0.3) is 0 Å². The molecule has 102 valence electrons. The normalized spacial score (nSPS) is 11.9. The number of nitrogens with one attached hydrogen (secondary N) is 2. The Hall–Kier alpha value is -1.10. The van der Waals surface area contributed by atoms with Crippen LogP contribution in [0.3, 0.4) is 0 Å². The standard InChI is InChI=1S/C13H23N3OS/c1-9(2)6-14-11(17)8-16-10(13(3,4)5)7-15-12(16)18/h7,9H,6,8H2,1-5H3,(H,14,17)(H,15,18). The molecule has 0 aliphatic heterocycles. The summed E-state index contributed by atoms with van der Waals surface area (Å²) in [6.45, 7) is 11.4. The Morgan fingerprint density at radius 3 is 2.61 bits per heavy atom. The van der Waals surface area contributed by atoms with Crippen LogP contribution < -0.4 is 5.32 Å². The van der Waals surface area contributed by atoms with Gasteiger partial charge in [-0.25, -0.2) is 0 Å². The second-order valence-electron chi connectivity index (χ2n) is 6.01. The van der Waals surface area contributed by atoms with Gasteiger partial charge in [-0.1, -0.05) is 34.6 Å². The molecule has 1 aromatic heterocycles. The van der Waals surface area contributed by atoms with E-state index in [1.54, 1.807) is 0 Å². The van der Waals surface area contributed by atoms with Gasteiger partial charge in [0.2, 0.25) is 5.91 Å². The first-order valence-corrected chi connectivity index (χ1v) is 6.68. The molecule has 0 aromatic carbocycles. The molecular weight excluding hydrogens is 246 g/mol. The summed E-state index contributed by atoms with van der Waals surface area (Å²) in [7, 11) is 0. The van der Waals surface area contributed by atoms with Gasteiger partial charge in [0.15, 0.2) is 4.77 Å². The minimum absolute atomic E-state index is 0.00454. The van der Waals surface area contributed by atoms with Crippen LogP contribution in [0.2, 0.25) is 0 Å². The van der Waals surface area contributed by atoms with Crippen LogP contribution in [0.4, 0.5) is 0 Å². The topological polar surface area (TPSA) is 49.8 Å². The molecule has 0 unspecified atom stereocenters. The highest BCUT2D eigenvalue weighted by molar-refractivity contribution is 7.71. The summed E-state index contributed by atoms with van der Waals surface area (Å²) >= 11 is 5.22. The Morgan fingerprint density at radius 2 is 2.11 bits per heavy atom. The van der Waals surface area contributed by atoms with Crippen molar-refractivity contribution in [3.8, 4) is 0 Å². The number of aromatic nitrogens is 2. The highest BCUT2D eigenvalue weighted by atomic mass is 32.1. The number of imidazole rings is 1. The lowest BCUT2D eigenvalue weighted by Gasteiger charge is -2.20. The van der Waals surface area contributed by atoms with Crippen LogP contribution in [0, 0.1) is 10.7 Å². The highest BCUT2D eigenvalue weighted by Gasteiger charge is 2.20. The lowest BCUT2D eigenvalue weighted by molar-refractivity contribution is -0.121.